The molecular weight excluding hydrogens is 380 g/mol. The zero-order valence-electron chi connectivity index (χ0n) is 18.4. The highest BCUT2D eigenvalue weighted by Crippen LogP contribution is 2.33. The second-order valence-corrected chi connectivity index (χ2v) is 7.66. The quantitative estimate of drug-likeness (QED) is 0.600. The summed E-state index contributed by atoms with van der Waals surface area (Å²) in [5, 5.41) is 0. The van der Waals surface area contributed by atoms with Crippen LogP contribution in [0.5, 0.6) is 17.2 Å². The summed E-state index contributed by atoms with van der Waals surface area (Å²) in [4.78, 5) is 17.2. The molecule has 1 heterocycles. The van der Waals surface area contributed by atoms with E-state index in [9.17, 15) is 4.79 Å². The number of carbonyl (C=O) groups is 1. The number of ether oxygens (including phenoxy) is 3. The Balaban J connectivity index is 1.47. The molecule has 0 aromatic heterocycles. The molecule has 3 rings (SSSR count). The van der Waals surface area contributed by atoms with Gasteiger partial charge in [0.2, 0.25) is 0 Å². The number of amides is 1. The summed E-state index contributed by atoms with van der Waals surface area (Å²) in [5.74, 6) is 2.25. The summed E-state index contributed by atoms with van der Waals surface area (Å²) in [6.45, 7) is 3.45. The number of hydrogen-bond donors (Lipinski definition) is 0. The van der Waals surface area contributed by atoms with Gasteiger partial charge in [-0.15, -0.1) is 0 Å². The average molecular weight is 413 g/mol. The first-order valence-electron chi connectivity index (χ1n) is 10.4. The van der Waals surface area contributed by atoms with Crippen LogP contribution in [-0.4, -0.2) is 70.3 Å². The Labute approximate surface area is 179 Å². The van der Waals surface area contributed by atoms with Crippen molar-refractivity contribution >= 4 is 5.91 Å². The van der Waals surface area contributed by atoms with Gasteiger partial charge in [-0.2, -0.15) is 0 Å². The third-order valence-corrected chi connectivity index (χ3v) is 5.69. The van der Waals surface area contributed by atoms with E-state index in [2.05, 4.69) is 24.1 Å². The van der Waals surface area contributed by atoms with Crippen molar-refractivity contribution in [2.45, 2.75) is 19.3 Å². The van der Waals surface area contributed by atoms with Crippen LogP contribution in [0.4, 0.5) is 0 Å². The number of likely N-dealkylation sites (N-methyl/N-ethyl adjacent to an activating group) is 1. The summed E-state index contributed by atoms with van der Waals surface area (Å²) < 4.78 is 15.9. The fourth-order valence-corrected chi connectivity index (χ4v) is 3.82. The molecule has 0 N–H and O–H groups in total. The molecule has 0 radical (unpaired) electrons. The van der Waals surface area contributed by atoms with Crippen molar-refractivity contribution in [3.63, 3.8) is 0 Å². The smallest absolute Gasteiger partial charge is 0.254 e. The van der Waals surface area contributed by atoms with Crippen LogP contribution in [0.3, 0.4) is 0 Å². The SMILES string of the molecule is COc1ccc(CCN(C)CCCN2CCc3cc(OC)c(OC)cc3C2=O)cc1. The Kier molecular flexibility index (Phi) is 7.57. The van der Waals surface area contributed by atoms with Gasteiger partial charge < -0.3 is 24.0 Å². The Morgan fingerprint density at radius 3 is 2.33 bits per heavy atom. The standard InChI is InChI=1S/C24H32N2O4/c1-25(14-10-18-6-8-20(28-2)9-7-18)12-5-13-26-15-11-19-16-22(29-3)23(30-4)17-21(19)24(26)27/h6-9,16-17H,5,10-15H2,1-4H3. The van der Waals surface area contributed by atoms with E-state index in [-0.39, 0.29) is 5.91 Å². The maximum Gasteiger partial charge on any atom is 0.254 e. The van der Waals surface area contributed by atoms with Crippen LogP contribution in [0.1, 0.15) is 27.9 Å². The molecule has 0 atom stereocenters. The molecule has 0 spiro atoms. The fraction of sp³-hybridized carbons (Fsp3) is 0.458. The lowest BCUT2D eigenvalue weighted by Gasteiger charge is -2.30. The van der Waals surface area contributed by atoms with E-state index in [1.54, 1.807) is 21.3 Å². The molecule has 1 aliphatic heterocycles. The summed E-state index contributed by atoms with van der Waals surface area (Å²) in [7, 11) is 7.03. The van der Waals surface area contributed by atoms with Crippen LogP contribution < -0.4 is 14.2 Å². The number of benzene rings is 2. The van der Waals surface area contributed by atoms with Crippen LogP contribution in [0.2, 0.25) is 0 Å². The minimum Gasteiger partial charge on any atom is -0.497 e. The number of nitrogens with zero attached hydrogens (tertiary/aromatic N) is 2. The van der Waals surface area contributed by atoms with Crippen molar-refractivity contribution in [1.82, 2.24) is 9.80 Å². The Bertz CT molecular complexity index is 851. The van der Waals surface area contributed by atoms with E-state index in [1.165, 1.54) is 5.56 Å². The minimum absolute atomic E-state index is 0.0816. The van der Waals surface area contributed by atoms with E-state index in [0.717, 1.165) is 62.3 Å². The largest absolute Gasteiger partial charge is 0.497 e. The van der Waals surface area contributed by atoms with Gasteiger partial charge in [-0.05, 0) is 68.2 Å². The van der Waals surface area contributed by atoms with Crippen LogP contribution in [-0.2, 0) is 12.8 Å². The van der Waals surface area contributed by atoms with E-state index < -0.39 is 0 Å². The van der Waals surface area contributed by atoms with Gasteiger partial charge in [-0.3, -0.25) is 4.79 Å². The third-order valence-electron chi connectivity index (χ3n) is 5.69. The number of carbonyl (C=O) groups excluding carboxylic acids is 1. The van der Waals surface area contributed by atoms with E-state index in [4.69, 9.17) is 14.2 Å². The summed E-state index contributed by atoms with van der Waals surface area (Å²) >= 11 is 0. The van der Waals surface area contributed by atoms with Crippen molar-refractivity contribution in [2.75, 3.05) is 54.6 Å². The Morgan fingerprint density at radius 2 is 1.67 bits per heavy atom. The summed E-state index contributed by atoms with van der Waals surface area (Å²) in [5.41, 5.74) is 3.06. The van der Waals surface area contributed by atoms with E-state index in [0.29, 0.717) is 11.5 Å². The second kappa shape index (κ2) is 10.3. The van der Waals surface area contributed by atoms with Gasteiger partial charge in [0.25, 0.3) is 5.91 Å². The maximum absolute atomic E-state index is 12.9. The number of hydrogen-bond acceptors (Lipinski definition) is 5. The fourth-order valence-electron chi connectivity index (χ4n) is 3.82. The lowest BCUT2D eigenvalue weighted by molar-refractivity contribution is 0.0732. The molecule has 0 saturated carbocycles. The molecule has 1 aliphatic rings. The first-order valence-corrected chi connectivity index (χ1v) is 10.4. The van der Waals surface area contributed by atoms with Crippen LogP contribution >= 0.6 is 0 Å². The molecule has 2 aromatic carbocycles. The first-order chi connectivity index (χ1) is 14.5. The van der Waals surface area contributed by atoms with Crippen molar-refractivity contribution in [3.8, 4) is 17.2 Å². The van der Waals surface area contributed by atoms with E-state index >= 15 is 0 Å². The Hall–Kier alpha value is -2.73. The van der Waals surface area contributed by atoms with Gasteiger partial charge >= 0.3 is 0 Å². The van der Waals surface area contributed by atoms with Gasteiger partial charge in [0.15, 0.2) is 11.5 Å². The average Bonchev–Trinajstić information content (AvgIpc) is 2.78. The molecule has 162 valence electrons. The molecular formula is C24H32N2O4. The molecule has 0 fully saturated rings. The van der Waals surface area contributed by atoms with Gasteiger partial charge in [-0.1, -0.05) is 12.1 Å². The second-order valence-electron chi connectivity index (χ2n) is 7.66. The molecule has 6 heteroatoms. The van der Waals surface area contributed by atoms with E-state index in [1.807, 2.05) is 29.2 Å². The third kappa shape index (κ3) is 5.25. The summed E-state index contributed by atoms with van der Waals surface area (Å²) in [6.07, 6.45) is 2.79. The highest BCUT2D eigenvalue weighted by Gasteiger charge is 2.26. The van der Waals surface area contributed by atoms with Gasteiger partial charge in [-0.25, -0.2) is 0 Å². The lowest BCUT2D eigenvalue weighted by atomic mass is 9.98. The van der Waals surface area contributed by atoms with Crippen LogP contribution in [0.15, 0.2) is 36.4 Å². The monoisotopic (exact) mass is 412 g/mol. The maximum atomic E-state index is 12.9. The van der Waals surface area contributed by atoms with Gasteiger partial charge in [0.1, 0.15) is 5.75 Å². The predicted molar refractivity (Wildman–Crippen MR) is 118 cm³/mol. The predicted octanol–water partition coefficient (Wildman–Crippen LogP) is 3.28. The van der Waals surface area contributed by atoms with Gasteiger partial charge in [0.05, 0.1) is 21.3 Å². The molecule has 0 unspecified atom stereocenters. The van der Waals surface area contributed by atoms with Crippen molar-refractivity contribution in [3.05, 3.63) is 53.1 Å². The zero-order valence-corrected chi connectivity index (χ0v) is 18.4. The molecule has 0 bridgehead atoms. The Morgan fingerprint density at radius 1 is 0.967 bits per heavy atom. The minimum atomic E-state index is 0.0816. The molecule has 0 aliphatic carbocycles. The zero-order chi connectivity index (χ0) is 21.5. The van der Waals surface area contributed by atoms with Gasteiger partial charge in [0, 0.05) is 25.2 Å². The molecule has 6 nitrogen and oxygen atoms in total. The number of fused-ring (bicyclic) bond motifs is 1. The van der Waals surface area contributed by atoms with Crippen molar-refractivity contribution in [2.24, 2.45) is 0 Å². The molecule has 1 amide bonds. The molecule has 2 aromatic rings. The van der Waals surface area contributed by atoms with Crippen LogP contribution in [0.25, 0.3) is 0 Å². The highest BCUT2D eigenvalue weighted by molar-refractivity contribution is 5.97. The normalized spacial score (nSPS) is 13.4. The van der Waals surface area contributed by atoms with Crippen LogP contribution in [0, 0.1) is 0 Å². The topological polar surface area (TPSA) is 51.2 Å². The highest BCUT2D eigenvalue weighted by atomic mass is 16.5. The summed E-state index contributed by atoms with van der Waals surface area (Å²) in [6, 6.07) is 12.0. The first kappa shape index (κ1) is 22.0. The lowest BCUT2D eigenvalue weighted by Crippen LogP contribution is -2.39. The number of methoxy groups -OCH3 is 3. The number of rotatable bonds is 10. The van der Waals surface area contributed by atoms with Crippen molar-refractivity contribution in [1.29, 1.82) is 0 Å². The van der Waals surface area contributed by atoms with Crippen molar-refractivity contribution < 1.29 is 19.0 Å². The molecule has 0 saturated heterocycles. The molecule has 30 heavy (non-hydrogen) atoms.